The molecule has 1 saturated heterocycles. The summed E-state index contributed by atoms with van der Waals surface area (Å²) in [6.07, 6.45) is -7.20. The minimum atomic E-state index is -4.57. The zero-order valence-corrected chi connectivity index (χ0v) is 14.9. The number of benzene rings is 1. The Bertz CT molecular complexity index is 795. The monoisotopic (exact) mass is 402 g/mol. The highest BCUT2D eigenvalue weighted by Crippen LogP contribution is 2.33. The summed E-state index contributed by atoms with van der Waals surface area (Å²) in [6.45, 7) is 1.03. The van der Waals surface area contributed by atoms with Crippen molar-refractivity contribution in [3.8, 4) is 0 Å². The van der Waals surface area contributed by atoms with Crippen molar-refractivity contribution in [2.24, 2.45) is 5.92 Å². The first-order valence-electron chi connectivity index (χ1n) is 8.10. The number of rotatable bonds is 4. The maximum atomic E-state index is 12.8. The number of hydrogen-bond acceptors (Lipinski definition) is 6. The molecule has 2 rings (SSSR count). The molecule has 152 valence electrons. The van der Waals surface area contributed by atoms with E-state index in [0.29, 0.717) is 0 Å². The van der Waals surface area contributed by atoms with Crippen LogP contribution in [0.15, 0.2) is 24.3 Å². The van der Waals surface area contributed by atoms with Gasteiger partial charge in [0.2, 0.25) is 5.91 Å². The molecule has 3 amide bonds. The Kier molecular flexibility index (Phi) is 6.26. The molecule has 1 heterocycles. The Hall–Kier alpha value is -3.11. The fraction of sp³-hybridized carbons (Fsp3) is 0.412. The Morgan fingerprint density at radius 3 is 2.57 bits per heavy atom. The lowest BCUT2D eigenvalue weighted by Gasteiger charge is -2.19. The minimum absolute atomic E-state index is 0.00612. The normalized spacial score (nSPS) is 17.8. The molecule has 0 aliphatic carbocycles. The molecule has 1 aromatic rings. The van der Waals surface area contributed by atoms with Crippen LogP contribution in [0.3, 0.4) is 0 Å². The van der Waals surface area contributed by atoms with Crippen LogP contribution >= 0.6 is 0 Å². The van der Waals surface area contributed by atoms with Crippen LogP contribution in [-0.2, 0) is 30.0 Å². The van der Waals surface area contributed by atoms with Gasteiger partial charge in [-0.25, -0.2) is 4.79 Å². The summed E-state index contributed by atoms with van der Waals surface area (Å²) in [4.78, 5) is 48.0. The molecule has 1 fully saturated rings. The molecule has 0 bridgehead atoms. The minimum Gasteiger partial charge on any atom is -0.453 e. The van der Waals surface area contributed by atoms with E-state index in [1.807, 2.05) is 5.32 Å². The quantitative estimate of drug-likeness (QED) is 0.772. The Morgan fingerprint density at radius 2 is 1.96 bits per heavy atom. The molecular weight excluding hydrogens is 385 g/mol. The molecule has 0 unspecified atom stereocenters. The third-order valence-electron chi connectivity index (χ3n) is 4.02. The summed E-state index contributed by atoms with van der Waals surface area (Å²) in [5.74, 6) is -3.31. The highest BCUT2D eigenvalue weighted by molar-refractivity contribution is 6.00. The van der Waals surface area contributed by atoms with Crippen molar-refractivity contribution in [3.63, 3.8) is 0 Å². The number of ether oxygens (including phenoxy) is 2. The van der Waals surface area contributed by atoms with Crippen molar-refractivity contribution < 1.29 is 41.8 Å². The highest BCUT2D eigenvalue weighted by Gasteiger charge is 2.38. The van der Waals surface area contributed by atoms with E-state index in [1.54, 1.807) is 0 Å². The van der Waals surface area contributed by atoms with Crippen LogP contribution in [0.5, 0.6) is 0 Å². The van der Waals surface area contributed by atoms with Gasteiger partial charge in [0, 0.05) is 18.7 Å². The van der Waals surface area contributed by atoms with Gasteiger partial charge in [0.15, 0.2) is 6.10 Å². The predicted molar refractivity (Wildman–Crippen MR) is 88.0 cm³/mol. The summed E-state index contributed by atoms with van der Waals surface area (Å²) < 4.78 is 47.7. The Morgan fingerprint density at radius 1 is 1.29 bits per heavy atom. The molecule has 8 nitrogen and oxygen atoms in total. The number of nitrogens with one attached hydrogen (secondary N) is 1. The molecule has 1 aliphatic rings. The first kappa shape index (κ1) is 21.2. The lowest BCUT2D eigenvalue weighted by Crippen LogP contribution is -2.40. The average molecular weight is 402 g/mol. The number of methoxy groups -OCH3 is 1. The van der Waals surface area contributed by atoms with Gasteiger partial charge in [-0.05, 0) is 25.1 Å². The molecule has 0 radical (unpaired) electrons. The third-order valence-corrected chi connectivity index (χ3v) is 4.02. The van der Waals surface area contributed by atoms with Crippen molar-refractivity contribution in [1.29, 1.82) is 0 Å². The van der Waals surface area contributed by atoms with Crippen LogP contribution in [0.4, 0.5) is 23.7 Å². The standard InChI is InChI=1S/C17H17F3N2O6/c1-9(14(24)21-16(26)27-2)28-15(25)10-6-13(23)22(8-10)12-5-3-4-11(7-12)17(18,19)20/h3-5,7,9-10H,6,8H2,1-2H3,(H,21,24,26)/t9-,10+/m1/s1. The third kappa shape index (κ3) is 4.99. The number of alkyl halides is 3. The van der Waals surface area contributed by atoms with Crippen LogP contribution in [0, 0.1) is 5.92 Å². The van der Waals surface area contributed by atoms with E-state index in [4.69, 9.17) is 4.74 Å². The van der Waals surface area contributed by atoms with E-state index in [1.165, 1.54) is 13.0 Å². The molecule has 1 aromatic carbocycles. The fourth-order valence-electron chi connectivity index (χ4n) is 2.54. The van der Waals surface area contributed by atoms with Crippen LogP contribution in [0.1, 0.15) is 18.9 Å². The fourth-order valence-corrected chi connectivity index (χ4v) is 2.54. The van der Waals surface area contributed by atoms with Gasteiger partial charge in [-0.3, -0.25) is 19.7 Å². The van der Waals surface area contributed by atoms with Gasteiger partial charge < -0.3 is 14.4 Å². The van der Waals surface area contributed by atoms with E-state index in [0.717, 1.165) is 30.2 Å². The first-order chi connectivity index (χ1) is 13.0. The lowest BCUT2D eigenvalue weighted by atomic mass is 10.1. The number of carbonyl (C=O) groups is 4. The molecule has 1 aliphatic heterocycles. The SMILES string of the molecule is COC(=O)NC(=O)[C@@H](C)OC(=O)[C@H]1CC(=O)N(c2cccc(C(F)(F)F)c2)C1. The lowest BCUT2D eigenvalue weighted by molar-refractivity contribution is -0.158. The average Bonchev–Trinajstić information content (AvgIpc) is 3.02. The summed E-state index contributed by atoms with van der Waals surface area (Å²) >= 11 is 0. The number of hydrogen-bond donors (Lipinski definition) is 1. The zero-order chi connectivity index (χ0) is 21.1. The first-order valence-corrected chi connectivity index (χ1v) is 8.10. The van der Waals surface area contributed by atoms with Gasteiger partial charge in [0.05, 0.1) is 18.6 Å². The second-order valence-corrected chi connectivity index (χ2v) is 6.01. The van der Waals surface area contributed by atoms with Crippen molar-refractivity contribution in [2.45, 2.75) is 25.6 Å². The van der Waals surface area contributed by atoms with Crippen LogP contribution in [0.2, 0.25) is 0 Å². The number of nitrogens with zero attached hydrogens (tertiary/aromatic N) is 1. The van der Waals surface area contributed by atoms with Gasteiger partial charge in [0.1, 0.15) is 0 Å². The van der Waals surface area contributed by atoms with Crippen molar-refractivity contribution >= 4 is 29.6 Å². The summed E-state index contributed by atoms with van der Waals surface area (Å²) in [5.41, 5.74) is -0.913. The van der Waals surface area contributed by atoms with Gasteiger partial charge in [-0.15, -0.1) is 0 Å². The van der Waals surface area contributed by atoms with Crippen LogP contribution in [-0.4, -0.2) is 43.6 Å². The number of esters is 1. The highest BCUT2D eigenvalue weighted by atomic mass is 19.4. The number of halogens is 3. The van der Waals surface area contributed by atoms with Crippen LogP contribution in [0.25, 0.3) is 0 Å². The summed E-state index contributed by atoms with van der Waals surface area (Å²) in [5, 5.41) is 1.83. The molecule has 0 spiro atoms. The van der Waals surface area contributed by atoms with E-state index in [2.05, 4.69) is 4.74 Å². The molecule has 28 heavy (non-hydrogen) atoms. The Labute approximate surface area is 157 Å². The molecule has 1 N–H and O–H groups in total. The summed E-state index contributed by atoms with van der Waals surface area (Å²) in [7, 11) is 1.05. The topological polar surface area (TPSA) is 102 Å². The van der Waals surface area contributed by atoms with E-state index >= 15 is 0 Å². The molecule has 0 saturated carbocycles. The van der Waals surface area contributed by atoms with Crippen molar-refractivity contribution in [2.75, 3.05) is 18.6 Å². The maximum Gasteiger partial charge on any atom is 0.416 e. The summed E-state index contributed by atoms with van der Waals surface area (Å²) in [6, 6.07) is 4.18. The number of alkyl carbamates (subject to hydrolysis) is 1. The van der Waals surface area contributed by atoms with Gasteiger partial charge in [-0.1, -0.05) is 6.07 Å². The smallest absolute Gasteiger partial charge is 0.416 e. The van der Waals surface area contributed by atoms with E-state index in [9.17, 15) is 32.3 Å². The largest absolute Gasteiger partial charge is 0.453 e. The van der Waals surface area contributed by atoms with E-state index in [-0.39, 0.29) is 18.7 Å². The van der Waals surface area contributed by atoms with Gasteiger partial charge in [0.25, 0.3) is 5.91 Å². The van der Waals surface area contributed by atoms with E-state index < -0.39 is 47.6 Å². The second kappa shape index (κ2) is 8.28. The zero-order valence-electron chi connectivity index (χ0n) is 14.9. The second-order valence-electron chi connectivity index (χ2n) is 6.01. The molecule has 2 atom stereocenters. The van der Waals surface area contributed by atoms with Crippen LogP contribution < -0.4 is 10.2 Å². The van der Waals surface area contributed by atoms with Gasteiger partial charge >= 0.3 is 18.2 Å². The predicted octanol–water partition coefficient (Wildman–Crippen LogP) is 1.87. The van der Waals surface area contributed by atoms with Crippen molar-refractivity contribution in [1.82, 2.24) is 5.32 Å². The number of amides is 3. The number of imide groups is 1. The molecule has 0 aromatic heterocycles. The van der Waals surface area contributed by atoms with Gasteiger partial charge in [-0.2, -0.15) is 13.2 Å². The Balaban J connectivity index is 2.03. The number of carbonyl (C=O) groups excluding carboxylic acids is 4. The maximum absolute atomic E-state index is 12.8. The number of anilines is 1. The van der Waals surface area contributed by atoms with Crippen molar-refractivity contribution in [3.05, 3.63) is 29.8 Å². The molecular formula is C17H17F3N2O6. The molecule has 11 heteroatoms.